The molecule has 1 fully saturated rings. The van der Waals surface area contributed by atoms with Crippen molar-refractivity contribution < 1.29 is 9.84 Å². The van der Waals surface area contributed by atoms with E-state index in [1.807, 2.05) is 18.2 Å². The van der Waals surface area contributed by atoms with Crippen LogP contribution in [0.1, 0.15) is 24.6 Å². The molecule has 8 heteroatoms. The van der Waals surface area contributed by atoms with Crippen molar-refractivity contribution in [2.24, 2.45) is 5.73 Å². The molecule has 2 aromatic heterocycles. The predicted octanol–water partition coefficient (Wildman–Crippen LogP) is -0.00742. The zero-order valence-electron chi connectivity index (χ0n) is 11.7. The second-order valence-electron chi connectivity index (χ2n) is 4.61. The van der Waals surface area contributed by atoms with Crippen molar-refractivity contribution in [3.05, 3.63) is 24.2 Å². The van der Waals surface area contributed by atoms with Crippen molar-refractivity contribution in [3.63, 3.8) is 0 Å². The number of nitriles is 1. The molecule has 0 radical (unpaired) electrons. The molecule has 2 aromatic rings. The number of aromatic nitrogens is 3. The number of nitrogens with zero attached hydrogens (tertiary/aromatic N) is 4. The van der Waals surface area contributed by atoms with Crippen LogP contribution >= 0.6 is 0 Å². The molecule has 21 heavy (non-hydrogen) atoms. The minimum Gasteiger partial charge on any atom is -0.392 e. The summed E-state index contributed by atoms with van der Waals surface area (Å²) in [5.41, 5.74) is 10.7. The van der Waals surface area contributed by atoms with Crippen LogP contribution in [-0.2, 0) is 4.74 Å². The molecule has 0 saturated carbocycles. The molecule has 1 aliphatic heterocycles. The molecular formula is C13H18N6O2. The van der Waals surface area contributed by atoms with Gasteiger partial charge in [0.15, 0.2) is 11.4 Å². The number of aliphatic hydroxyl groups is 1. The average molecular weight is 290 g/mol. The topological polar surface area (TPSA) is 135 Å². The Morgan fingerprint density at radius 1 is 1.57 bits per heavy atom. The molecule has 0 aromatic carbocycles. The van der Waals surface area contributed by atoms with Gasteiger partial charge in [-0.05, 0) is 32.0 Å². The van der Waals surface area contributed by atoms with Gasteiger partial charge in [-0.2, -0.15) is 10.4 Å². The molecular weight excluding hydrogens is 272 g/mol. The highest BCUT2D eigenvalue weighted by molar-refractivity contribution is 5.65. The normalized spacial score (nSPS) is 24.4. The Morgan fingerprint density at radius 2 is 2.33 bits per heavy atom. The van der Waals surface area contributed by atoms with Gasteiger partial charge in [0.25, 0.3) is 0 Å². The van der Waals surface area contributed by atoms with Gasteiger partial charge in [-0.15, -0.1) is 0 Å². The lowest BCUT2D eigenvalue weighted by Gasteiger charge is -2.18. The summed E-state index contributed by atoms with van der Waals surface area (Å²) in [5, 5.41) is 22.5. The first kappa shape index (κ1) is 15.2. The zero-order chi connectivity index (χ0) is 15.5. The van der Waals surface area contributed by atoms with Gasteiger partial charge in [0.2, 0.25) is 0 Å². The SMILES string of the molecule is CN.N#CC1(CO)CCC(c2ccc3c(N)ncnn23)O1. The van der Waals surface area contributed by atoms with Crippen LogP contribution < -0.4 is 11.5 Å². The molecule has 0 aliphatic carbocycles. The smallest absolute Gasteiger partial charge is 0.177 e. The van der Waals surface area contributed by atoms with Gasteiger partial charge >= 0.3 is 0 Å². The molecule has 3 heterocycles. The van der Waals surface area contributed by atoms with Gasteiger partial charge in [-0.3, -0.25) is 0 Å². The summed E-state index contributed by atoms with van der Waals surface area (Å²) in [6, 6.07) is 5.72. The van der Waals surface area contributed by atoms with Crippen molar-refractivity contribution in [2.75, 3.05) is 19.4 Å². The summed E-state index contributed by atoms with van der Waals surface area (Å²) in [4.78, 5) is 3.92. The van der Waals surface area contributed by atoms with Crippen LogP contribution in [0.4, 0.5) is 5.82 Å². The van der Waals surface area contributed by atoms with Gasteiger partial charge in [0.05, 0.1) is 12.3 Å². The third-order valence-electron chi connectivity index (χ3n) is 3.48. The van der Waals surface area contributed by atoms with Gasteiger partial charge in [-0.25, -0.2) is 9.50 Å². The van der Waals surface area contributed by atoms with Crippen molar-refractivity contribution in [1.82, 2.24) is 14.6 Å². The van der Waals surface area contributed by atoms with E-state index in [0.29, 0.717) is 24.2 Å². The summed E-state index contributed by atoms with van der Waals surface area (Å²) >= 11 is 0. The summed E-state index contributed by atoms with van der Waals surface area (Å²) < 4.78 is 7.37. The zero-order valence-corrected chi connectivity index (χ0v) is 11.7. The number of nitrogen functional groups attached to an aromatic ring is 1. The lowest BCUT2D eigenvalue weighted by Crippen LogP contribution is -2.30. The highest BCUT2D eigenvalue weighted by Gasteiger charge is 2.41. The van der Waals surface area contributed by atoms with E-state index < -0.39 is 5.60 Å². The third kappa shape index (κ3) is 2.54. The number of hydrogen-bond donors (Lipinski definition) is 3. The molecule has 2 atom stereocenters. The number of rotatable bonds is 2. The Kier molecular flexibility index (Phi) is 4.37. The van der Waals surface area contributed by atoms with Crippen molar-refractivity contribution >= 4 is 11.3 Å². The first-order valence-corrected chi connectivity index (χ1v) is 6.55. The van der Waals surface area contributed by atoms with Gasteiger partial charge in [0.1, 0.15) is 24.0 Å². The molecule has 0 bridgehead atoms. The Bertz CT molecular complexity index is 664. The molecule has 1 saturated heterocycles. The van der Waals surface area contributed by atoms with Crippen LogP contribution in [-0.4, -0.2) is 39.0 Å². The molecule has 8 nitrogen and oxygen atoms in total. The van der Waals surface area contributed by atoms with E-state index in [-0.39, 0.29) is 12.7 Å². The van der Waals surface area contributed by atoms with E-state index in [9.17, 15) is 5.11 Å². The molecule has 5 N–H and O–H groups in total. The lowest BCUT2D eigenvalue weighted by molar-refractivity contribution is -0.0386. The summed E-state index contributed by atoms with van der Waals surface area (Å²) in [6.07, 6.45) is 2.26. The Hall–Kier alpha value is -2.21. The Morgan fingerprint density at radius 3 is 2.95 bits per heavy atom. The standard InChI is InChI=1S/C12H13N5O2.CH5N/c13-5-12(6-18)4-3-10(19-12)8-1-2-9-11(14)15-7-16-17(8)9;1-2/h1-2,7,10,18H,3-4,6H2,(H2,14,15,16);2H2,1H3. The van der Waals surface area contributed by atoms with Gasteiger partial charge < -0.3 is 21.3 Å². The van der Waals surface area contributed by atoms with Crippen LogP contribution in [0, 0.1) is 11.3 Å². The van der Waals surface area contributed by atoms with E-state index in [1.54, 1.807) is 4.52 Å². The Balaban J connectivity index is 0.000000774. The number of aliphatic hydroxyl groups excluding tert-OH is 1. The first-order valence-electron chi connectivity index (χ1n) is 6.55. The number of hydrogen-bond acceptors (Lipinski definition) is 7. The number of nitrogens with two attached hydrogens (primary N) is 2. The van der Waals surface area contributed by atoms with Crippen molar-refractivity contribution in [2.45, 2.75) is 24.5 Å². The maximum absolute atomic E-state index is 9.29. The fourth-order valence-electron chi connectivity index (χ4n) is 2.41. The fourth-order valence-corrected chi connectivity index (χ4v) is 2.41. The van der Waals surface area contributed by atoms with Crippen molar-refractivity contribution in [1.29, 1.82) is 5.26 Å². The molecule has 2 unspecified atom stereocenters. The third-order valence-corrected chi connectivity index (χ3v) is 3.48. The quantitative estimate of drug-likeness (QED) is 0.707. The second-order valence-corrected chi connectivity index (χ2v) is 4.61. The van der Waals surface area contributed by atoms with Crippen molar-refractivity contribution in [3.8, 4) is 6.07 Å². The maximum Gasteiger partial charge on any atom is 0.177 e. The van der Waals surface area contributed by atoms with E-state index in [0.717, 1.165) is 5.69 Å². The highest BCUT2D eigenvalue weighted by atomic mass is 16.5. The van der Waals surface area contributed by atoms with Crippen LogP contribution in [0.3, 0.4) is 0 Å². The molecule has 3 rings (SSSR count). The van der Waals surface area contributed by atoms with Crippen LogP contribution in [0.2, 0.25) is 0 Å². The molecule has 112 valence electrons. The summed E-state index contributed by atoms with van der Waals surface area (Å²) in [6.45, 7) is -0.305. The minimum atomic E-state index is -1.10. The Labute approximate surface area is 121 Å². The number of ether oxygens (including phenoxy) is 1. The summed E-state index contributed by atoms with van der Waals surface area (Å²) in [5.74, 6) is 0.396. The van der Waals surface area contributed by atoms with Crippen LogP contribution in [0.5, 0.6) is 0 Å². The highest BCUT2D eigenvalue weighted by Crippen LogP contribution is 2.39. The fraction of sp³-hybridized carbons (Fsp3) is 0.462. The van der Waals surface area contributed by atoms with E-state index in [4.69, 9.17) is 15.7 Å². The monoisotopic (exact) mass is 290 g/mol. The van der Waals surface area contributed by atoms with E-state index in [1.165, 1.54) is 13.4 Å². The minimum absolute atomic E-state index is 0.274. The van der Waals surface area contributed by atoms with Crippen LogP contribution in [0.15, 0.2) is 18.5 Å². The average Bonchev–Trinajstić information content (AvgIpc) is 3.14. The second kappa shape index (κ2) is 6.05. The largest absolute Gasteiger partial charge is 0.392 e. The molecule has 1 aliphatic rings. The number of anilines is 1. The summed E-state index contributed by atoms with van der Waals surface area (Å²) in [7, 11) is 1.50. The predicted molar refractivity (Wildman–Crippen MR) is 76.0 cm³/mol. The molecule has 0 amide bonds. The number of fused-ring (bicyclic) bond motifs is 1. The van der Waals surface area contributed by atoms with Gasteiger partial charge in [0, 0.05) is 0 Å². The lowest BCUT2D eigenvalue weighted by atomic mass is 10.0. The molecule has 0 spiro atoms. The maximum atomic E-state index is 9.29. The van der Waals surface area contributed by atoms with Crippen LogP contribution in [0.25, 0.3) is 5.52 Å². The van der Waals surface area contributed by atoms with Gasteiger partial charge in [-0.1, -0.05) is 0 Å². The van der Waals surface area contributed by atoms with E-state index >= 15 is 0 Å². The van der Waals surface area contributed by atoms with E-state index in [2.05, 4.69) is 15.8 Å². The first-order chi connectivity index (χ1) is 10.2.